The summed E-state index contributed by atoms with van der Waals surface area (Å²) >= 11 is 0. The van der Waals surface area contributed by atoms with Gasteiger partial charge in [-0.25, -0.2) is 4.79 Å². The zero-order valence-electron chi connectivity index (χ0n) is 11.7. The van der Waals surface area contributed by atoms with E-state index in [-0.39, 0.29) is 29.6 Å². The second-order valence-corrected chi connectivity index (χ2v) is 6.16. The average Bonchev–Trinajstić information content (AvgIpc) is 2.23. The summed E-state index contributed by atoms with van der Waals surface area (Å²) in [6.07, 6.45) is 1.50. The van der Waals surface area contributed by atoms with Crippen LogP contribution >= 0.6 is 0 Å². The van der Waals surface area contributed by atoms with E-state index >= 15 is 0 Å². The van der Waals surface area contributed by atoms with Gasteiger partial charge in [-0.05, 0) is 40.5 Å². The number of nitriles is 1. The molecular formula is C14H22N2O2. The second-order valence-electron chi connectivity index (χ2n) is 6.16. The van der Waals surface area contributed by atoms with E-state index in [9.17, 15) is 4.79 Å². The third kappa shape index (κ3) is 3.85. The lowest BCUT2D eigenvalue weighted by molar-refractivity contribution is -0.142. The number of hydrogen-bond acceptors (Lipinski definition) is 4. The van der Waals surface area contributed by atoms with Gasteiger partial charge in [-0.2, -0.15) is 5.26 Å². The van der Waals surface area contributed by atoms with Crippen molar-refractivity contribution in [1.82, 2.24) is 5.32 Å². The van der Waals surface area contributed by atoms with Gasteiger partial charge in [-0.1, -0.05) is 6.58 Å². The van der Waals surface area contributed by atoms with E-state index in [0.29, 0.717) is 12.0 Å². The fraction of sp³-hybridized carbons (Fsp3) is 0.714. The highest BCUT2D eigenvalue weighted by Crippen LogP contribution is 2.32. The normalized spacial score (nSPS) is 30.3. The van der Waals surface area contributed by atoms with Gasteiger partial charge in [0, 0.05) is 17.0 Å². The average molecular weight is 250 g/mol. The predicted octanol–water partition coefficient (Wildman–Crippen LogP) is 2.17. The van der Waals surface area contributed by atoms with Crippen LogP contribution in [0.3, 0.4) is 0 Å². The first-order chi connectivity index (χ1) is 8.17. The number of esters is 1. The maximum atomic E-state index is 11.4. The summed E-state index contributed by atoms with van der Waals surface area (Å²) in [5.41, 5.74) is -0.0819. The van der Waals surface area contributed by atoms with Crippen LogP contribution < -0.4 is 5.32 Å². The fourth-order valence-electron chi connectivity index (χ4n) is 2.69. The molecule has 100 valence electrons. The summed E-state index contributed by atoms with van der Waals surface area (Å²) < 4.78 is 5.22. The van der Waals surface area contributed by atoms with Crippen LogP contribution in [0.4, 0.5) is 0 Å². The Bertz CT molecular complexity index is 395. The van der Waals surface area contributed by atoms with Crippen molar-refractivity contribution in [2.24, 2.45) is 5.92 Å². The maximum absolute atomic E-state index is 11.4. The van der Waals surface area contributed by atoms with Crippen LogP contribution in [0.25, 0.3) is 0 Å². The number of carbonyl (C=O) groups is 1. The van der Waals surface area contributed by atoms with Crippen LogP contribution in [0, 0.1) is 17.2 Å². The van der Waals surface area contributed by atoms with Crippen molar-refractivity contribution in [1.29, 1.82) is 5.26 Å². The molecule has 1 fully saturated rings. The highest BCUT2D eigenvalue weighted by molar-refractivity contribution is 5.86. The Kier molecular flexibility index (Phi) is 4.18. The summed E-state index contributed by atoms with van der Waals surface area (Å²) in [7, 11) is 0. The van der Waals surface area contributed by atoms with E-state index in [2.05, 4.69) is 31.8 Å². The Balaban J connectivity index is 2.70. The summed E-state index contributed by atoms with van der Waals surface area (Å²) in [6.45, 7) is 11.6. The highest BCUT2D eigenvalue weighted by Gasteiger charge is 2.41. The summed E-state index contributed by atoms with van der Waals surface area (Å²) in [4.78, 5) is 11.4. The van der Waals surface area contributed by atoms with Crippen molar-refractivity contribution in [3.8, 4) is 6.07 Å². The molecule has 2 atom stereocenters. The van der Waals surface area contributed by atoms with E-state index in [4.69, 9.17) is 10.00 Å². The molecule has 2 unspecified atom stereocenters. The quantitative estimate of drug-likeness (QED) is 0.616. The molecule has 18 heavy (non-hydrogen) atoms. The van der Waals surface area contributed by atoms with E-state index in [1.54, 1.807) is 6.92 Å². The molecule has 4 nitrogen and oxygen atoms in total. The zero-order valence-corrected chi connectivity index (χ0v) is 11.7. The number of hydrogen-bond donors (Lipinski definition) is 1. The van der Waals surface area contributed by atoms with E-state index in [1.807, 2.05) is 6.92 Å². The number of nitrogens with one attached hydrogen (secondary N) is 1. The van der Waals surface area contributed by atoms with Crippen LogP contribution in [0.1, 0.15) is 40.5 Å². The fourth-order valence-corrected chi connectivity index (χ4v) is 2.69. The van der Waals surface area contributed by atoms with Crippen molar-refractivity contribution >= 4 is 5.97 Å². The molecule has 0 aliphatic carbocycles. The lowest BCUT2D eigenvalue weighted by Crippen LogP contribution is -2.61. The molecule has 1 heterocycles. The van der Waals surface area contributed by atoms with Crippen LogP contribution in [-0.4, -0.2) is 23.7 Å². The topological polar surface area (TPSA) is 62.1 Å². The van der Waals surface area contributed by atoms with Crippen molar-refractivity contribution in [2.45, 2.75) is 51.6 Å². The minimum atomic E-state index is -0.380. The third-order valence-electron chi connectivity index (χ3n) is 3.15. The molecule has 0 aromatic carbocycles. The first kappa shape index (κ1) is 14.7. The molecule has 0 amide bonds. The number of nitrogens with zero attached hydrogens (tertiary/aromatic N) is 1. The van der Waals surface area contributed by atoms with Gasteiger partial charge in [0.2, 0.25) is 0 Å². The Morgan fingerprint density at radius 2 is 2.11 bits per heavy atom. The van der Waals surface area contributed by atoms with Gasteiger partial charge in [-0.15, -0.1) is 0 Å². The van der Waals surface area contributed by atoms with Crippen molar-refractivity contribution in [3.63, 3.8) is 0 Å². The van der Waals surface area contributed by atoms with Gasteiger partial charge < -0.3 is 10.1 Å². The monoisotopic (exact) mass is 250 g/mol. The van der Waals surface area contributed by atoms with Gasteiger partial charge >= 0.3 is 5.97 Å². The predicted molar refractivity (Wildman–Crippen MR) is 69.7 cm³/mol. The number of ether oxygens (including phenoxy) is 1. The molecule has 0 saturated carbocycles. The number of carbonyl (C=O) groups excluding carboxylic acids is 1. The third-order valence-corrected chi connectivity index (χ3v) is 3.15. The Hall–Kier alpha value is -1.34. The molecule has 0 aromatic rings. The van der Waals surface area contributed by atoms with Crippen molar-refractivity contribution in [2.75, 3.05) is 6.61 Å². The molecular weight excluding hydrogens is 228 g/mol. The lowest BCUT2D eigenvalue weighted by atomic mass is 9.76. The molecule has 1 rings (SSSR count). The van der Waals surface area contributed by atoms with Gasteiger partial charge in [-0.3, -0.25) is 0 Å². The lowest BCUT2D eigenvalue weighted by Gasteiger charge is -2.46. The smallest absolute Gasteiger partial charge is 0.333 e. The molecule has 4 heteroatoms. The molecule has 1 aliphatic rings. The first-order valence-electron chi connectivity index (χ1n) is 6.19. The van der Waals surface area contributed by atoms with E-state index < -0.39 is 0 Å². The summed E-state index contributed by atoms with van der Waals surface area (Å²) in [5.74, 6) is -0.385. The minimum absolute atomic E-state index is 0.00483. The largest absolute Gasteiger partial charge is 0.460 e. The second kappa shape index (κ2) is 5.11. The van der Waals surface area contributed by atoms with E-state index in [1.165, 1.54) is 0 Å². The van der Waals surface area contributed by atoms with Crippen LogP contribution in [0.5, 0.6) is 0 Å². The molecule has 1 aliphatic heterocycles. The molecule has 0 aromatic heterocycles. The van der Waals surface area contributed by atoms with Crippen molar-refractivity contribution < 1.29 is 9.53 Å². The Labute approximate surface area is 109 Å². The minimum Gasteiger partial charge on any atom is -0.460 e. The summed E-state index contributed by atoms with van der Waals surface area (Å²) in [6, 6.07) is 2.33. The SMILES string of the molecule is C=C(C)C(=O)OCC1(C)CC(C#N)CC(C)(C)N1. The zero-order chi connectivity index (χ0) is 14.0. The standard InChI is InChI=1S/C14H22N2O2/c1-10(2)12(17)18-9-14(5)7-11(8-15)6-13(3,4)16-14/h11,16H,1,6-7,9H2,2-5H3. The number of rotatable bonds is 3. The Morgan fingerprint density at radius 1 is 1.50 bits per heavy atom. The Morgan fingerprint density at radius 3 is 2.61 bits per heavy atom. The van der Waals surface area contributed by atoms with Gasteiger partial charge in [0.1, 0.15) is 6.61 Å². The van der Waals surface area contributed by atoms with Crippen LogP contribution in [-0.2, 0) is 9.53 Å². The van der Waals surface area contributed by atoms with Crippen LogP contribution in [0.15, 0.2) is 12.2 Å². The number of piperidine rings is 1. The van der Waals surface area contributed by atoms with E-state index in [0.717, 1.165) is 6.42 Å². The molecule has 0 spiro atoms. The molecule has 1 saturated heterocycles. The maximum Gasteiger partial charge on any atom is 0.333 e. The highest BCUT2D eigenvalue weighted by atomic mass is 16.5. The first-order valence-corrected chi connectivity index (χ1v) is 6.19. The van der Waals surface area contributed by atoms with Crippen molar-refractivity contribution in [3.05, 3.63) is 12.2 Å². The molecule has 0 radical (unpaired) electrons. The summed E-state index contributed by atoms with van der Waals surface area (Å²) in [5, 5.41) is 12.6. The van der Waals surface area contributed by atoms with Crippen LogP contribution in [0.2, 0.25) is 0 Å². The van der Waals surface area contributed by atoms with Gasteiger partial charge in [0.25, 0.3) is 0 Å². The van der Waals surface area contributed by atoms with Gasteiger partial charge in [0.15, 0.2) is 0 Å². The van der Waals surface area contributed by atoms with Gasteiger partial charge in [0.05, 0.1) is 11.6 Å². The molecule has 0 bridgehead atoms. The molecule has 1 N–H and O–H groups in total.